The predicted octanol–water partition coefficient (Wildman–Crippen LogP) is 3.41. The molecular formula is C13H14ClN. The van der Waals surface area contributed by atoms with Gasteiger partial charge in [-0.25, -0.2) is 0 Å². The molecule has 2 heteroatoms. The number of rotatable bonds is 2. The Kier molecular flexibility index (Phi) is 3.22. The van der Waals surface area contributed by atoms with E-state index >= 15 is 0 Å². The molecule has 1 aromatic rings. The number of benzene rings is 1. The van der Waals surface area contributed by atoms with Crippen molar-refractivity contribution in [2.24, 2.45) is 4.99 Å². The van der Waals surface area contributed by atoms with Crippen LogP contribution in [-0.4, -0.2) is 17.6 Å². The number of hydrogen-bond donors (Lipinski definition) is 0. The van der Waals surface area contributed by atoms with Gasteiger partial charge in [-0.1, -0.05) is 36.4 Å². The van der Waals surface area contributed by atoms with Crippen LogP contribution in [0.2, 0.25) is 0 Å². The van der Waals surface area contributed by atoms with E-state index in [-0.39, 0.29) is 11.4 Å². The lowest BCUT2D eigenvalue weighted by Gasteiger charge is -2.25. The lowest BCUT2D eigenvalue weighted by atomic mass is 9.88. The summed E-state index contributed by atoms with van der Waals surface area (Å²) >= 11 is 6.15. The number of alkyl halides is 1. The van der Waals surface area contributed by atoms with E-state index in [1.807, 2.05) is 25.3 Å². The average molecular weight is 220 g/mol. The summed E-state index contributed by atoms with van der Waals surface area (Å²) in [6.45, 7) is 2.00. The summed E-state index contributed by atoms with van der Waals surface area (Å²) in [6, 6.07) is 10.5. The van der Waals surface area contributed by atoms with E-state index in [4.69, 9.17) is 11.6 Å². The van der Waals surface area contributed by atoms with Gasteiger partial charge in [-0.3, -0.25) is 4.99 Å². The minimum absolute atomic E-state index is 0.0522. The van der Waals surface area contributed by atoms with Crippen LogP contribution >= 0.6 is 11.6 Å². The van der Waals surface area contributed by atoms with Crippen LogP contribution < -0.4 is 0 Å². The maximum absolute atomic E-state index is 6.15. The van der Waals surface area contributed by atoms with Crippen LogP contribution in [0.4, 0.5) is 0 Å². The highest BCUT2D eigenvalue weighted by Gasteiger charge is 2.25. The number of nitrogens with zero attached hydrogens (tertiary/aromatic N) is 1. The second-order valence-electron chi connectivity index (χ2n) is 3.79. The molecule has 0 aromatic heterocycles. The first kappa shape index (κ1) is 10.4. The van der Waals surface area contributed by atoms with Crippen LogP contribution in [0.5, 0.6) is 0 Å². The molecular weight excluding hydrogens is 206 g/mol. The van der Waals surface area contributed by atoms with E-state index in [0.717, 1.165) is 0 Å². The second kappa shape index (κ2) is 4.63. The van der Waals surface area contributed by atoms with Gasteiger partial charge in [0.1, 0.15) is 0 Å². The fraction of sp³-hybridized carbons (Fsp3) is 0.308. The Labute approximate surface area is 95.5 Å². The van der Waals surface area contributed by atoms with Crippen LogP contribution in [-0.2, 0) is 0 Å². The van der Waals surface area contributed by atoms with Crippen molar-refractivity contribution >= 4 is 17.8 Å². The lowest BCUT2D eigenvalue weighted by Crippen LogP contribution is -2.25. The predicted molar refractivity (Wildman–Crippen MR) is 65.9 cm³/mol. The van der Waals surface area contributed by atoms with Gasteiger partial charge in [0.25, 0.3) is 0 Å². The minimum Gasteiger partial charge on any atom is -0.287 e. The number of allylic oxidation sites excluding steroid dienone is 1. The Hall–Kier alpha value is -1.08. The molecule has 0 fully saturated rings. The van der Waals surface area contributed by atoms with Gasteiger partial charge in [0.2, 0.25) is 0 Å². The first-order valence-corrected chi connectivity index (χ1v) is 5.61. The summed E-state index contributed by atoms with van der Waals surface area (Å²) in [7, 11) is 0. The van der Waals surface area contributed by atoms with Crippen LogP contribution in [0, 0.1) is 0 Å². The van der Waals surface area contributed by atoms with Crippen LogP contribution in [0.1, 0.15) is 18.4 Å². The topological polar surface area (TPSA) is 12.4 Å². The molecule has 1 heterocycles. The van der Waals surface area contributed by atoms with Crippen molar-refractivity contribution in [3.05, 3.63) is 48.0 Å². The van der Waals surface area contributed by atoms with E-state index in [9.17, 15) is 0 Å². The Bertz CT molecular complexity index is 367. The zero-order valence-corrected chi connectivity index (χ0v) is 9.43. The van der Waals surface area contributed by atoms with Crippen molar-refractivity contribution in [1.82, 2.24) is 0 Å². The van der Waals surface area contributed by atoms with Crippen molar-refractivity contribution in [2.45, 2.75) is 24.3 Å². The van der Waals surface area contributed by atoms with E-state index in [0.29, 0.717) is 5.92 Å². The van der Waals surface area contributed by atoms with E-state index in [1.165, 1.54) is 5.56 Å². The summed E-state index contributed by atoms with van der Waals surface area (Å²) in [6.07, 6.45) is 6.00. The van der Waals surface area contributed by atoms with Gasteiger partial charge < -0.3 is 0 Å². The molecule has 15 heavy (non-hydrogen) atoms. The van der Waals surface area contributed by atoms with Crippen molar-refractivity contribution in [3.63, 3.8) is 0 Å². The molecule has 0 amide bonds. The average Bonchev–Trinajstić information content (AvgIpc) is 2.30. The summed E-state index contributed by atoms with van der Waals surface area (Å²) in [5.41, 5.74) is 1.28. The van der Waals surface area contributed by atoms with Gasteiger partial charge >= 0.3 is 0 Å². The third-order valence-corrected chi connectivity index (χ3v) is 2.94. The molecule has 1 aromatic carbocycles. The molecule has 0 saturated carbocycles. The largest absolute Gasteiger partial charge is 0.287 e. The van der Waals surface area contributed by atoms with Crippen LogP contribution in [0.3, 0.4) is 0 Å². The zero-order valence-electron chi connectivity index (χ0n) is 8.68. The molecule has 0 bridgehead atoms. The number of dihydropyridines is 1. The molecule has 1 aliphatic heterocycles. The highest BCUT2D eigenvalue weighted by atomic mass is 35.5. The molecule has 1 nitrogen and oxygen atoms in total. The standard InChI is InChI=1S/C13H14ClN/c1-10(14)13-12(8-5-9-15-13)11-6-3-2-4-7-11/h2-10,12-13H,1H3. The van der Waals surface area contributed by atoms with Crippen LogP contribution in [0.15, 0.2) is 47.5 Å². The Morgan fingerprint density at radius 1 is 1.27 bits per heavy atom. The van der Waals surface area contributed by atoms with Gasteiger partial charge in [0.05, 0.1) is 11.4 Å². The van der Waals surface area contributed by atoms with E-state index < -0.39 is 0 Å². The quantitative estimate of drug-likeness (QED) is 0.676. The Balaban J connectivity index is 2.28. The van der Waals surface area contributed by atoms with Crippen molar-refractivity contribution in [3.8, 4) is 0 Å². The fourth-order valence-electron chi connectivity index (χ4n) is 1.91. The summed E-state index contributed by atoms with van der Waals surface area (Å²) in [5, 5.41) is 0.0522. The highest BCUT2D eigenvalue weighted by Crippen LogP contribution is 2.29. The van der Waals surface area contributed by atoms with Gasteiger partial charge in [-0.15, -0.1) is 11.6 Å². The van der Waals surface area contributed by atoms with Gasteiger partial charge in [-0.2, -0.15) is 0 Å². The molecule has 0 saturated heterocycles. The third kappa shape index (κ3) is 2.29. The summed E-state index contributed by atoms with van der Waals surface area (Å²) in [4.78, 5) is 4.44. The number of hydrogen-bond acceptors (Lipinski definition) is 1. The molecule has 0 aliphatic carbocycles. The monoisotopic (exact) mass is 219 g/mol. The maximum atomic E-state index is 6.15. The molecule has 0 radical (unpaired) electrons. The first-order valence-electron chi connectivity index (χ1n) is 5.18. The number of halogens is 1. The zero-order chi connectivity index (χ0) is 10.7. The number of aliphatic imine (C=N–C) groups is 1. The molecule has 3 atom stereocenters. The van der Waals surface area contributed by atoms with E-state index in [2.05, 4.69) is 35.3 Å². The smallest absolute Gasteiger partial charge is 0.0763 e. The Morgan fingerprint density at radius 2 is 2.00 bits per heavy atom. The molecule has 1 aliphatic rings. The molecule has 78 valence electrons. The summed E-state index contributed by atoms with van der Waals surface area (Å²) < 4.78 is 0. The van der Waals surface area contributed by atoms with Gasteiger partial charge in [0.15, 0.2) is 0 Å². The van der Waals surface area contributed by atoms with Crippen LogP contribution in [0.25, 0.3) is 0 Å². The Morgan fingerprint density at radius 3 is 2.67 bits per heavy atom. The van der Waals surface area contributed by atoms with Gasteiger partial charge in [-0.05, 0) is 18.6 Å². The maximum Gasteiger partial charge on any atom is 0.0763 e. The molecule has 0 N–H and O–H groups in total. The minimum atomic E-state index is 0.0522. The molecule has 2 rings (SSSR count). The second-order valence-corrected chi connectivity index (χ2v) is 4.48. The fourth-order valence-corrected chi connectivity index (χ4v) is 2.13. The van der Waals surface area contributed by atoms with Crippen molar-refractivity contribution < 1.29 is 0 Å². The first-order chi connectivity index (χ1) is 7.29. The SMILES string of the molecule is CC(Cl)C1N=CC=CC1c1ccccc1. The molecule has 0 spiro atoms. The van der Waals surface area contributed by atoms with E-state index in [1.54, 1.807) is 0 Å². The summed E-state index contributed by atoms with van der Waals surface area (Å²) in [5.74, 6) is 0.309. The third-order valence-electron chi connectivity index (χ3n) is 2.69. The van der Waals surface area contributed by atoms with Gasteiger partial charge in [0, 0.05) is 12.1 Å². The normalized spacial score (nSPS) is 26.5. The van der Waals surface area contributed by atoms with Crippen molar-refractivity contribution in [2.75, 3.05) is 0 Å². The lowest BCUT2D eigenvalue weighted by molar-refractivity contribution is 0.596. The van der Waals surface area contributed by atoms with Crippen molar-refractivity contribution in [1.29, 1.82) is 0 Å². The molecule has 3 unspecified atom stereocenters. The highest BCUT2D eigenvalue weighted by molar-refractivity contribution is 6.21.